The summed E-state index contributed by atoms with van der Waals surface area (Å²) < 4.78 is 1.54. The van der Waals surface area contributed by atoms with Crippen LogP contribution in [-0.4, -0.2) is 47.7 Å². The monoisotopic (exact) mass is 390 g/mol. The smallest absolute Gasteiger partial charge is 0.250 e. The van der Waals surface area contributed by atoms with Crippen molar-refractivity contribution < 1.29 is 4.79 Å². The SMILES string of the molecule is O=C(Nc1cnn(-c2ncccn2)c1)C1CC2CCCCC2N1c1ncccn1. The fourth-order valence-electron chi connectivity index (χ4n) is 4.54. The first-order valence-electron chi connectivity index (χ1n) is 9.98. The number of nitrogens with one attached hydrogen (secondary N) is 1. The zero-order chi connectivity index (χ0) is 19.6. The van der Waals surface area contributed by atoms with Gasteiger partial charge in [-0.05, 0) is 37.3 Å². The summed E-state index contributed by atoms with van der Waals surface area (Å²) in [7, 11) is 0. The quantitative estimate of drug-likeness (QED) is 0.729. The number of carbonyl (C=O) groups is 1. The van der Waals surface area contributed by atoms with E-state index < -0.39 is 0 Å². The lowest BCUT2D eigenvalue weighted by atomic mass is 9.85. The van der Waals surface area contributed by atoms with Crippen LogP contribution in [0, 0.1) is 5.92 Å². The summed E-state index contributed by atoms with van der Waals surface area (Å²) in [6.45, 7) is 0. The summed E-state index contributed by atoms with van der Waals surface area (Å²) in [5.74, 6) is 1.54. The minimum absolute atomic E-state index is 0.0552. The van der Waals surface area contributed by atoms with Gasteiger partial charge in [0.15, 0.2) is 0 Å². The van der Waals surface area contributed by atoms with Gasteiger partial charge in [0, 0.05) is 30.8 Å². The molecule has 9 nitrogen and oxygen atoms in total. The van der Waals surface area contributed by atoms with Crippen molar-refractivity contribution in [2.24, 2.45) is 5.92 Å². The van der Waals surface area contributed by atoms with Crippen molar-refractivity contribution in [2.75, 3.05) is 10.2 Å². The third kappa shape index (κ3) is 3.43. The van der Waals surface area contributed by atoms with E-state index in [1.54, 1.807) is 54.0 Å². The minimum atomic E-state index is -0.290. The molecular weight excluding hydrogens is 368 g/mol. The van der Waals surface area contributed by atoms with Crippen molar-refractivity contribution in [3.05, 3.63) is 49.3 Å². The Labute approximate surface area is 168 Å². The Morgan fingerprint density at radius 1 is 0.966 bits per heavy atom. The highest BCUT2D eigenvalue weighted by Crippen LogP contribution is 2.41. The summed E-state index contributed by atoms with van der Waals surface area (Å²) >= 11 is 0. The predicted octanol–water partition coefficient (Wildman–Crippen LogP) is 2.23. The molecule has 1 aliphatic heterocycles. The number of carbonyl (C=O) groups excluding carboxylic acids is 1. The van der Waals surface area contributed by atoms with Crippen LogP contribution in [0.15, 0.2) is 49.3 Å². The number of hydrogen-bond acceptors (Lipinski definition) is 7. The first-order valence-corrected chi connectivity index (χ1v) is 9.98. The maximum absolute atomic E-state index is 13.2. The topological polar surface area (TPSA) is 102 Å². The van der Waals surface area contributed by atoms with Gasteiger partial charge in [0.1, 0.15) is 6.04 Å². The molecule has 2 aliphatic rings. The molecule has 3 unspecified atom stereocenters. The first kappa shape index (κ1) is 17.7. The Kier molecular flexibility index (Phi) is 4.63. The molecule has 3 atom stereocenters. The summed E-state index contributed by atoms with van der Waals surface area (Å²) in [5.41, 5.74) is 0.617. The van der Waals surface area contributed by atoms with Crippen molar-refractivity contribution in [1.82, 2.24) is 29.7 Å². The number of amides is 1. The van der Waals surface area contributed by atoms with Crippen molar-refractivity contribution in [3.8, 4) is 5.95 Å². The van der Waals surface area contributed by atoms with Crippen LogP contribution in [0.1, 0.15) is 32.1 Å². The van der Waals surface area contributed by atoms with Crippen molar-refractivity contribution in [2.45, 2.75) is 44.2 Å². The van der Waals surface area contributed by atoms with E-state index in [0.717, 1.165) is 19.3 Å². The first-order chi connectivity index (χ1) is 14.3. The lowest BCUT2D eigenvalue weighted by molar-refractivity contribution is -0.117. The average molecular weight is 390 g/mol. The molecule has 2 fully saturated rings. The van der Waals surface area contributed by atoms with E-state index in [4.69, 9.17) is 0 Å². The maximum atomic E-state index is 13.2. The molecule has 3 aromatic heterocycles. The average Bonchev–Trinajstić information content (AvgIpc) is 3.40. The van der Waals surface area contributed by atoms with Crippen LogP contribution < -0.4 is 10.2 Å². The zero-order valence-corrected chi connectivity index (χ0v) is 15.9. The van der Waals surface area contributed by atoms with E-state index in [9.17, 15) is 4.79 Å². The van der Waals surface area contributed by atoms with Crippen LogP contribution in [0.2, 0.25) is 0 Å². The molecule has 0 radical (unpaired) electrons. The Hall–Kier alpha value is -3.36. The maximum Gasteiger partial charge on any atom is 0.250 e. The van der Waals surface area contributed by atoms with Crippen molar-refractivity contribution in [3.63, 3.8) is 0 Å². The zero-order valence-electron chi connectivity index (χ0n) is 15.9. The van der Waals surface area contributed by atoms with Gasteiger partial charge in [-0.2, -0.15) is 5.10 Å². The summed E-state index contributed by atoms with van der Waals surface area (Å²) in [4.78, 5) is 32.6. The highest BCUT2D eigenvalue weighted by molar-refractivity contribution is 5.97. The number of hydrogen-bond donors (Lipinski definition) is 1. The Morgan fingerprint density at radius 2 is 1.66 bits per heavy atom. The molecule has 29 heavy (non-hydrogen) atoms. The second kappa shape index (κ2) is 7.57. The molecule has 0 spiro atoms. The molecule has 9 heteroatoms. The molecule has 1 amide bonds. The van der Waals surface area contributed by atoms with Crippen molar-refractivity contribution >= 4 is 17.5 Å². The van der Waals surface area contributed by atoms with Crippen LogP contribution in [0.5, 0.6) is 0 Å². The minimum Gasteiger partial charge on any atom is -0.326 e. The number of fused-ring (bicyclic) bond motifs is 1. The van der Waals surface area contributed by atoms with Crippen LogP contribution >= 0.6 is 0 Å². The predicted molar refractivity (Wildman–Crippen MR) is 106 cm³/mol. The third-order valence-corrected chi connectivity index (χ3v) is 5.78. The summed E-state index contributed by atoms with van der Waals surface area (Å²) in [6, 6.07) is 3.58. The molecule has 0 bridgehead atoms. The van der Waals surface area contributed by atoms with Crippen molar-refractivity contribution in [1.29, 1.82) is 0 Å². The Morgan fingerprint density at radius 3 is 2.41 bits per heavy atom. The van der Waals surface area contributed by atoms with Gasteiger partial charge in [-0.1, -0.05) is 12.8 Å². The molecule has 1 saturated carbocycles. The van der Waals surface area contributed by atoms with Crippen LogP contribution in [0.3, 0.4) is 0 Å². The van der Waals surface area contributed by atoms with Gasteiger partial charge >= 0.3 is 0 Å². The van der Waals surface area contributed by atoms with E-state index in [1.165, 1.54) is 12.8 Å². The van der Waals surface area contributed by atoms with Gasteiger partial charge < -0.3 is 10.2 Å². The number of anilines is 2. The lowest BCUT2D eigenvalue weighted by Crippen LogP contribution is -2.45. The highest BCUT2D eigenvalue weighted by Gasteiger charge is 2.46. The van der Waals surface area contributed by atoms with Crippen LogP contribution in [-0.2, 0) is 4.79 Å². The van der Waals surface area contributed by atoms with Gasteiger partial charge in [-0.15, -0.1) is 0 Å². The fraction of sp³-hybridized carbons (Fsp3) is 0.400. The van der Waals surface area contributed by atoms with Gasteiger partial charge in [-0.25, -0.2) is 24.6 Å². The largest absolute Gasteiger partial charge is 0.326 e. The summed E-state index contributed by atoms with van der Waals surface area (Å²) in [5, 5.41) is 7.26. The Bertz CT molecular complexity index is 976. The normalized spacial score (nSPS) is 23.6. The number of nitrogens with zero attached hydrogens (tertiary/aromatic N) is 7. The number of rotatable bonds is 4. The highest BCUT2D eigenvalue weighted by atomic mass is 16.2. The van der Waals surface area contributed by atoms with Gasteiger partial charge in [0.05, 0.1) is 18.1 Å². The summed E-state index contributed by atoms with van der Waals surface area (Å²) in [6.07, 6.45) is 15.6. The Balaban J connectivity index is 1.37. The van der Waals surface area contributed by atoms with Gasteiger partial charge in [0.25, 0.3) is 0 Å². The van der Waals surface area contributed by atoms with E-state index >= 15 is 0 Å². The van der Waals surface area contributed by atoms with Gasteiger partial charge in [-0.3, -0.25) is 4.79 Å². The second-order valence-corrected chi connectivity index (χ2v) is 7.53. The molecule has 1 saturated heterocycles. The second-order valence-electron chi connectivity index (χ2n) is 7.53. The third-order valence-electron chi connectivity index (χ3n) is 5.78. The molecule has 3 aromatic rings. The van der Waals surface area contributed by atoms with E-state index in [2.05, 4.69) is 35.3 Å². The molecular formula is C20H22N8O. The molecule has 5 rings (SSSR count). The van der Waals surface area contributed by atoms with Crippen LogP contribution in [0.4, 0.5) is 11.6 Å². The van der Waals surface area contributed by atoms with Crippen LogP contribution in [0.25, 0.3) is 5.95 Å². The molecule has 1 aliphatic carbocycles. The van der Waals surface area contributed by atoms with E-state index in [1.807, 2.05) is 0 Å². The fourth-order valence-corrected chi connectivity index (χ4v) is 4.54. The molecule has 4 heterocycles. The number of aromatic nitrogens is 6. The van der Waals surface area contributed by atoms with Gasteiger partial charge in [0.2, 0.25) is 17.8 Å². The van der Waals surface area contributed by atoms with E-state index in [-0.39, 0.29) is 11.9 Å². The van der Waals surface area contributed by atoms with E-state index in [0.29, 0.717) is 29.5 Å². The lowest BCUT2D eigenvalue weighted by Gasteiger charge is -2.33. The standard InChI is InChI=1S/C20H22N8O/c29-18(26-15-12-25-27(13-15)19-21-7-3-8-22-19)17-11-14-5-1-2-6-16(14)28(17)20-23-9-4-10-24-20/h3-4,7-10,12-14,16-17H,1-2,5-6,11H2,(H,26,29). The molecule has 1 N–H and O–H groups in total. The molecule has 0 aromatic carbocycles. The molecule has 148 valence electrons.